The summed E-state index contributed by atoms with van der Waals surface area (Å²) < 4.78 is 9.65. The lowest BCUT2D eigenvalue weighted by atomic mass is 10.1. The molecule has 4 nitrogen and oxygen atoms in total. The zero-order valence-electron chi connectivity index (χ0n) is 14.5. The first-order valence-corrected chi connectivity index (χ1v) is 8.32. The summed E-state index contributed by atoms with van der Waals surface area (Å²) in [6.45, 7) is 9.35. The maximum Gasteiger partial charge on any atom is 0.335 e. The third-order valence-electron chi connectivity index (χ3n) is 3.04. The van der Waals surface area contributed by atoms with E-state index < -0.39 is 5.97 Å². The molecule has 0 N–H and O–H groups in total. The topological polar surface area (TPSA) is 52.6 Å². The molecule has 132 valence electrons. The van der Waals surface area contributed by atoms with Crippen molar-refractivity contribution in [3.05, 3.63) is 55.6 Å². The molecular weight excluding hydrogens is 304 g/mol. The molecule has 1 rings (SSSR count). The molecule has 0 heterocycles. The molecular formula is C20H28O4. The minimum absolute atomic E-state index is 0.312. The maximum atomic E-state index is 10.6. The van der Waals surface area contributed by atoms with Gasteiger partial charge in [-0.25, -0.2) is 9.59 Å². The fraction of sp³-hybridized carbons (Fsp3) is 0.400. The molecule has 0 spiro atoms. The van der Waals surface area contributed by atoms with E-state index in [4.69, 9.17) is 9.47 Å². The van der Waals surface area contributed by atoms with Crippen molar-refractivity contribution in [1.82, 2.24) is 0 Å². The summed E-state index contributed by atoms with van der Waals surface area (Å²) in [5, 5.41) is 0. The van der Waals surface area contributed by atoms with Crippen molar-refractivity contribution < 1.29 is 19.1 Å². The Kier molecular flexibility index (Phi) is 14.0. The monoisotopic (exact) mass is 332 g/mol. The molecule has 0 atom stereocenters. The van der Waals surface area contributed by atoms with Gasteiger partial charge in [-0.2, -0.15) is 0 Å². The van der Waals surface area contributed by atoms with E-state index in [-0.39, 0.29) is 5.97 Å². The lowest BCUT2D eigenvalue weighted by molar-refractivity contribution is -0.137. The predicted octanol–water partition coefficient (Wildman–Crippen LogP) is 4.85. The highest BCUT2D eigenvalue weighted by Gasteiger charge is 1.96. The van der Waals surface area contributed by atoms with Gasteiger partial charge >= 0.3 is 11.9 Å². The van der Waals surface area contributed by atoms with Crippen molar-refractivity contribution in [2.75, 3.05) is 6.61 Å². The summed E-state index contributed by atoms with van der Waals surface area (Å²) in [7, 11) is 0. The van der Waals surface area contributed by atoms with Crippen LogP contribution < -0.4 is 4.74 Å². The fourth-order valence-corrected chi connectivity index (χ4v) is 1.76. The van der Waals surface area contributed by atoms with Gasteiger partial charge in [-0.3, -0.25) is 0 Å². The van der Waals surface area contributed by atoms with Gasteiger partial charge in [0.2, 0.25) is 0 Å². The summed E-state index contributed by atoms with van der Waals surface area (Å²) in [5.41, 5.74) is 0. The Hall–Kier alpha value is -2.36. The Balaban J connectivity index is 0.000000446. The highest BCUT2D eigenvalue weighted by molar-refractivity contribution is 5.83. The average Bonchev–Trinajstić information content (AvgIpc) is 2.62. The molecule has 0 bridgehead atoms. The van der Waals surface area contributed by atoms with E-state index >= 15 is 0 Å². The molecule has 0 radical (unpaired) electrons. The predicted molar refractivity (Wildman–Crippen MR) is 96.8 cm³/mol. The Bertz CT molecular complexity index is 480. The quantitative estimate of drug-likeness (QED) is 0.266. The van der Waals surface area contributed by atoms with E-state index in [2.05, 4.69) is 20.1 Å². The Labute approximate surface area is 145 Å². The van der Waals surface area contributed by atoms with Crippen molar-refractivity contribution in [1.29, 1.82) is 0 Å². The smallest absolute Gasteiger partial charge is 0.335 e. The Morgan fingerprint density at radius 2 is 1.50 bits per heavy atom. The number of unbranched alkanes of at least 4 members (excludes halogenated alkanes) is 5. The van der Waals surface area contributed by atoms with Crippen molar-refractivity contribution >= 4 is 11.9 Å². The first kappa shape index (κ1) is 21.6. The zero-order valence-corrected chi connectivity index (χ0v) is 14.5. The number of carbonyl (C=O) groups excluding carboxylic acids is 2. The molecule has 0 unspecified atom stereocenters. The molecule has 4 heteroatoms. The number of benzene rings is 1. The lowest BCUT2D eigenvalue weighted by Crippen LogP contribution is -2.02. The van der Waals surface area contributed by atoms with E-state index in [1.807, 2.05) is 6.07 Å². The number of esters is 2. The van der Waals surface area contributed by atoms with Crippen LogP contribution in [-0.4, -0.2) is 18.5 Å². The maximum absolute atomic E-state index is 10.6. The summed E-state index contributed by atoms with van der Waals surface area (Å²) in [6, 6.07) is 8.87. The van der Waals surface area contributed by atoms with Gasteiger partial charge in [0.1, 0.15) is 5.75 Å². The number of para-hydroxylation sites is 1. The van der Waals surface area contributed by atoms with Gasteiger partial charge < -0.3 is 9.47 Å². The average molecular weight is 332 g/mol. The van der Waals surface area contributed by atoms with Crippen LogP contribution in [0.4, 0.5) is 0 Å². The van der Waals surface area contributed by atoms with Crippen molar-refractivity contribution in [2.24, 2.45) is 0 Å². The third-order valence-corrected chi connectivity index (χ3v) is 3.04. The molecule has 1 aromatic carbocycles. The van der Waals surface area contributed by atoms with Crippen LogP contribution >= 0.6 is 0 Å². The molecule has 1 aromatic rings. The molecule has 0 saturated carbocycles. The highest BCUT2D eigenvalue weighted by Crippen LogP contribution is 2.08. The second-order valence-electron chi connectivity index (χ2n) is 5.08. The summed E-state index contributed by atoms with van der Waals surface area (Å²) >= 11 is 0. The van der Waals surface area contributed by atoms with Gasteiger partial charge in [-0.05, 0) is 18.6 Å². The summed E-state index contributed by atoms with van der Waals surface area (Å²) in [5.74, 6) is -0.206. The minimum Gasteiger partial charge on any atom is -0.463 e. The molecule has 0 aliphatic carbocycles. The summed E-state index contributed by atoms with van der Waals surface area (Å²) in [4.78, 5) is 21.2. The number of carbonyl (C=O) groups is 2. The van der Waals surface area contributed by atoms with E-state index in [9.17, 15) is 9.59 Å². The number of ether oxygens (including phenoxy) is 2. The SMILES string of the molecule is C=CC(=O)OCCCCCCCC.C=CC(=O)Oc1ccccc1. The third kappa shape index (κ3) is 13.3. The van der Waals surface area contributed by atoms with Crippen LogP contribution in [0.25, 0.3) is 0 Å². The first-order valence-electron chi connectivity index (χ1n) is 8.32. The van der Waals surface area contributed by atoms with E-state index in [1.165, 1.54) is 31.8 Å². The highest BCUT2D eigenvalue weighted by atomic mass is 16.5. The molecule has 24 heavy (non-hydrogen) atoms. The van der Waals surface area contributed by atoms with E-state index in [1.54, 1.807) is 24.3 Å². The first-order chi connectivity index (χ1) is 11.6. The van der Waals surface area contributed by atoms with Crippen LogP contribution in [-0.2, 0) is 14.3 Å². The van der Waals surface area contributed by atoms with E-state index in [0.717, 1.165) is 18.9 Å². The molecule has 0 aliphatic heterocycles. The van der Waals surface area contributed by atoms with Gasteiger partial charge in [-0.1, -0.05) is 70.4 Å². The van der Waals surface area contributed by atoms with Crippen LogP contribution in [0.3, 0.4) is 0 Å². The van der Waals surface area contributed by atoms with Crippen molar-refractivity contribution in [3.63, 3.8) is 0 Å². The molecule has 0 fully saturated rings. The number of hydrogen-bond acceptors (Lipinski definition) is 4. The Morgan fingerprint density at radius 1 is 0.917 bits per heavy atom. The second kappa shape index (κ2) is 15.5. The molecule has 0 saturated heterocycles. The van der Waals surface area contributed by atoms with Crippen LogP contribution in [0, 0.1) is 0 Å². The van der Waals surface area contributed by atoms with Gasteiger partial charge in [0.05, 0.1) is 6.61 Å². The fourth-order valence-electron chi connectivity index (χ4n) is 1.76. The molecule has 0 aliphatic rings. The molecule has 0 aromatic heterocycles. The molecule has 0 amide bonds. The van der Waals surface area contributed by atoms with Gasteiger partial charge in [0.25, 0.3) is 0 Å². The minimum atomic E-state index is -0.434. The van der Waals surface area contributed by atoms with Crippen LogP contribution in [0.1, 0.15) is 45.4 Å². The van der Waals surface area contributed by atoms with Gasteiger partial charge in [0.15, 0.2) is 0 Å². The Morgan fingerprint density at radius 3 is 2.08 bits per heavy atom. The van der Waals surface area contributed by atoms with Crippen LogP contribution in [0.15, 0.2) is 55.6 Å². The largest absolute Gasteiger partial charge is 0.463 e. The zero-order chi connectivity index (χ0) is 18.0. The number of hydrogen-bond donors (Lipinski definition) is 0. The van der Waals surface area contributed by atoms with Crippen LogP contribution in [0.5, 0.6) is 5.75 Å². The van der Waals surface area contributed by atoms with Crippen molar-refractivity contribution in [3.8, 4) is 5.75 Å². The summed E-state index contributed by atoms with van der Waals surface area (Å²) in [6.07, 6.45) is 9.60. The van der Waals surface area contributed by atoms with Crippen molar-refractivity contribution in [2.45, 2.75) is 45.4 Å². The lowest BCUT2D eigenvalue weighted by Gasteiger charge is -2.01. The number of rotatable bonds is 10. The normalized spacial score (nSPS) is 9.21. The van der Waals surface area contributed by atoms with Gasteiger partial charge in [-0.15, -0.1) is 0 Å². The van der Waals surface area contributed by atoms with Crippen LogP contribution in [0.2, 0.25) is 0 Å². The standard InChI is InChI=1S/C11H20O2.C9H8O2/c1-3-5-6-7-8-9-10-13-11(12)4-2;1-2-9(10)11-8-6-4-3-5-7-8/h4H,2-3,5-10H2,1H3;2-7H,1H2. The van der Waals surface area contributed by atoms with Gasteiger partial charge in [0, 0.05) is 12.2 Å². The van der Waals surface area contributed by atoms with E-state index in [0.29, 0.717) is 12.4 Å². The second-order valence-corrected chi connectivity index (χ2v) is 5.08.